The zero-order valence-electron chi connectivity index (χ0n) is 84.4. The number of pyridine rings is 3. The maximum Gasteiger partial charge on any atom is 0.0440 e. The van der Waals surface area contributed by atoms with Crippen LogP contribution < -0.4 is 63.2 Å². The van der Waals surface area contributed by atoms with E-state index in [1.165, 1.54) is 179 Å². The Morgan fingerprint density at radius 3 is 0.895 bits per heavy atom. The van der Waals surface area contributed by atoms with Crippen LogP contribution in [0.25, 0.3) is 33.4 Å². The van der Waals surface area contributed by atoms with Crippen molar-refractivity contribution < 1.29 is 0 Å². The van der Waals surface area contributed by atoms with E-state index in [2.05, 4.69) is 452 Å². The first-order chi connectivity index (χ1) is 63.9. The van der Waals surface area contributed by atoms with E-state index >= 15 is 0 Å². The summed E-state index contributed by atoms with van der Waals surface area (Å²) in [7, 11) is 1.95. The van der Waals surface area contributed by atoms with Crippen LogP contribution in [0.15, 0.2) is 328 Å². The molecule has 133 heavy (non-hydrogen) atoms. The third-order valence-corrected chi connectivity index (χ3v) is 40.9. The van der Waals surface area contributed by atoms with Crippen molar-refractivity contribution in [3.63, 3.8) is 0 Å². The quantitative estimate of drug-likeness (QED) is 0.0599. The van der Waals surface area contributed by atoms with Crippen LogP contribution in [-0.2, 0) is 0 Å². The fourth-order valence-electron chi connectivity index (χ4n) is 19.8. The van der Waals surface area contributed by atoms with Gasteiger partial charge in [-0.05, 0) is 272 Å². The SMILES string of the molecule is CC(C)c1cc(C(C)C)c(-c2ccccc2P(C(C)(C)C)C(C)(C)C)c(C(C)C)c1.CC(C)c1cc(C(C)C)c(-c2ccccc2P(C2CCCCC2)C2CCCCC2)c(C(C)C)c1.CN(C)c1ccccc1-c1ccccc1P(c1ccccc1)c1ccccc1.Cc1ccccc1P(c1ccccc1C)c1ccccc1C.c1cncc(P(c2cccnc2)c2cccnc2)c1. The highest BCUT2D eigenvalue weighted by Gasteiger charge is 2.39. The predicted octanol–water partition coefficient (Wildman–Crippen LogP) is 31.1. The first-order valence-electron chi connectivity index (χ1n) is 49.3. The molecule has 16 rings (SSSR count). The second kappa shape index (κ2) is 49.0. The summed E-state index contributed by atoms with van der Waals surface area (Å²) in [5, 5.41) is 15.9. The van der Waals surface area contributed by atoms with Crippen LogP contribution in [0, 0.1) is 20.8 Å². The van der Waals surface area contributed by atoms with Crippen molar-refractivity contribution in [2.24, 2.45) is 0 Å². The lowest BCUT2D eigenvalue weighted by Crippen LogP contribution is -2.32. The van der Waals surface area contributed by atoms with Gasteiger partial charge < -0.3 is 4.90 Å². The van der Waals surface area contributed by atoms with Gasteiger partial charge in [0.05, 0.1) is 0 Å². The molecular weight excluding hydrogens is 1700 g/mol. The molecule has 0 unspecified atom stereocenters. The average molecular weight is 1850 g/mol. The number of rotatable bonds is 23. The van der Waals surface area contributed by atoms with Gasteiger partial charge in [0, 0.05) is 78.4 Å². The highest BCUT2D eigenvalue weighted by Crippen LogP contribution is 2.61. The van der Waals surface area contributed by atoms with E-state index in [1.54, 1.807) is 51.5 Å². The summed E-state index contributed by atoms with van der Waals surface area (Å²) in [5.74, 6) is 3.19. The maximum atomic E-state index is 4.23. The third-order valence-electron chi connectivity index (χ3n) is 26.0. The average Bonchev–Trinajstić information content (AvgIpc) is 0.756. The lowest BCUT2D eigenvalue weighted by atomic mass is 9.82. The zero-order valence-corrected chi connectivity index (χ0v) is 88.9. The molecule has 2 aliphatic carbocycles. The molecule has 3 aromatic heterocycles. The normalized spacial score (nSPS) is 13.3. The first kappa shape index (κ1) is 103. The summed E-state index contributed by atoms with van der Waals surface area (Å²) in [6.07, 6.45) is 25.8. The van der Waals surface area contributed by atoms with Gasteiger partial charge in [-0.15, -0.1) is 0 Å². The van der Waals surface area contributed by atoms with E-state index in [9.17, 15) is 0 Å². The summed E-state index contributed by atoms with van der Waals surface area (Å²) >= 11 is 0. The van der Waals surface area contributed by atoms with Gasteiger partial charge in [-0.3, -0.25) is 15.0 Å². The van der Waals surface area contributed by atoms with E-state index in [0.29, 0.717) is 35.5 Å². The molecule has 0 bridgehead atoms. The van der Waals surface area contributed by atoms with Crippen LogP contribution in [0.5, 0.6) is 0 Å². The Kier molecular flexibility index (Phi) is 37.9. The fraction of sp³-hybridized carbons (Fsp3) is 0.347. The lowest BCUT2D eigenvalue weighted by Gasteiger charge is -2.43. The Balaban J connectivity index is 0.000000152. The Morgan fingerprint density at radius 1 is 0.278 bits per heavy atom. The van der Waals surface area contributed by atoms with Crippen molar-refractivity contribution in [2.45, 2.75) is 267 Å². The van der Waals surface area contributed by atoms with Crippen molar-refractivity contribution in [3.05, 3.63) is 378 Å². The molecule has 0 N–H and O–H groups in total. The highest BCUT2D eigenvalue weighted by atomic mass is 31.1. The minimum atomic E-state index is -0.641. The number of hydrogen-bond acceptors (Lipinski definition) is 4. The molecule has 11 aromatic carbocycles. The molecule has 2 fully saturated rings. The number of aromatic nitrogens is 3. The molecule has 0 amide bonds. The van der Waals surface area contributed by atoms with Crippen LogP contribution >= 0.6 is 39.6 Å². The van der Waals surface area contributed by atoms with E-state index in [-0.39, 0.29) is 26.2 Å². The van der Waals surface area contributed by atoms with Crippen LogP contribution in [0.3, 0.4) is 0 Å². The molecule has 0 saturated heterocycles. The summed E-state index contributed by atoms with van der Waals surface area (Å²) in [5.41, 5.74) is 25.1. The van der Waals surface area contributed by atoms with Crippen LogP contribution in [0.1, 0.15) is 274 Å². The summed E-state index contributed by atoms with van der Waals surface area (Å²) < 4.78 is 0. The molecule has 14 aromatic rings. The summed E-state index contributed by atoms with van der Waals surface area (Å²) in [6, 6.07) is 107. The second-order valence-electron chi connectivity index (χ2n) is 40.4. The van der Waals surface area contributed by atoms with Gasteiger partial charge in [0.15, 0.2) is 0 Å². The number of benzene rings is 11. The molecule has 4 nitrogen and oxygen atoms in total. The summed E-state index contributed by atoms with van der Waals surface area (Å²) in [6.45, 7) is 49.6. The molecular formula is C124H151N4P5. The molecule has 692 valence electrons. The van der Waals surface area contributed by atoms with Crippen molar-refractivity contribution in [3.8, 4) is 33.4 Å². The largest absolute Gasteiger partial charge is 0.377 e. The molecule has 2 aliphatic rings. The minimum Gasteiger partial charge on any atom is -0.377 e. The van der Waals surface area contributed by atoms with Gasteiger partial charge in [0.25, 0.3) is 0 Å². The maximum absolute atomic E-state index is 4.23. The highest BCUT2D eigenvalue weighted by molar-refractivity contribution is 7.81. The van der Waals surface area contributed by atoms with Crippen LogP contribution in [0.4, 0.5) is 5.69 Å². The standard InChI is InChI=1S/C33H49P.C29H45P.C26H24NP.C21H21P.C15H12N3P/c1-23(2)26-21-30(24(3)4)33(31(22-26)25(5)6)29-19-13-14-20-32(29)34(27-15-9-7-10-16-27)28-17-11-8-12-18-28;1-19(2)22-17-24(20(3)4)27(25(18-22)21(5)6)23-15-13-14-16-26(23)30(28(7,8)9)29(10,11)12;1-27(2)25-19-11-9-17-23(25)24-18-10-12-20-26(24)28(21-13-5-3-6-14-21)22-15-7-4-8-16-22;1-16-10-4-7-13-19(16)22(20-14-8-5-11-17(20)2)21-15-9-6-12-18(21)3;1-4-13(10-16-7-1)19(14-5-2-8-17-11-14)15-6-3-9-18-12-15/h13-14,19-25,27-28H,7-12,15-18H2,1-6H3;13-21H,1-12H3;3-20H,1-2H3;4-15H,1-3H3;1-12H. The molecule has 2 saturated carbocycles. The number of aryl methyl sites for hydroxylation is 3. The van der Waals surface area contributed by atoms with Crippen LogP contribution in [-0.4, -0.2) is 50.7 Å². The van der Waals surface area contributed by atoms with E-state index in [1.807, 2.05) is 36.8 Å². The molecule has 9 heteroatoms. The zero-order chi connectivity index (χ0) is 95.0. The third kappa shape index (κ3) is 26.6. The predicted molar refractivity (Wildman–Crippen MR) is 597 cm³/mol. The summed E-state index contributed by atoms with van der Waals surface area (Å²) in [4.78, 5) is 14.9. The van der Waals surface area contributed by atoms with Gasteiger partial charge in [-0.2, -0.15) is 0 Å². The Morgan fingerprint density at radius 2 is 0.571 bits per heavy atom. The smallest absolute Gasteiger partial charge is 0.0440 e. The van der Waals surface area contributed by atoms with Gasteiger partial charge in [0.1, 0.15) is 0 Å². The van der Waals surface area contributed by atoms with Crippen molar-refractivity contribution in [1.82, 2.24) is 15.0 Å². The van der Waals surface area contributed by atoms with E-state index < -0.39 is 23.8 Å². The lowest BCUT2D eigenvalue weighted by molar-refractivity contribution is 0.487. The fourth-order valence-corrected chi connectivity index (χ4v) is 35.2. The minimum absolute atomic E-state index is 0.120. The molecule has 0 spiro atoms. The molecule has 0 aliphatic heterocycles. The Bertz CT molecular complexity index is 5610. The number of nitrogens with zero attached hydrogens (tertiary/aromatic N) is 4. The second-order valence-corrected chi connectivity index (χ2v) is 53.5. The molecule has 0 radical (unpaired) electrons. The van der Waals surface area contributed by atoms with Gasteiger partial charge in [-0.1, -0.05) is 446 Å². The topological polar surface area (TPSA) is 41.9 Å². The number of para-hydroxylation sites is 1. The van der Waals surface area contributed by atoms with E-state index in [4.69, 9.17) is 0 Å². The van der Waals surface area contributed by atoms with Crippen molar-refractivity contribution in [1.29, 1.82) is 0 Å². The first-order valence-corrected chi connectivity index (χ1v) is 56.1. The monoisotopic (exact) mass is 1850 g/mol. The molecule has 0 atom stereocenters. The van der Waals surface area contributed by atoms with Gasteiger partial charge in [-0.25, -0.2) is 0 Å². The van der Waals surface area contributed by atoms with Gasteiger partial charge in [0.2, 0.25) is 0 Å². The van der Waals surface area contributed by atoms with Crippen molar-refractivity contribution in [2.75, 3.05) is 19.0 Å². The Hall–Kier alpha value is -9.18. The molecule has 3 heterocycles. The van der Waals surface area contributed by atoms with E-state index in [0.717, 1.165) is 11.3 Å². The van der Waals surface area contributed by atoms with Crippen LogP contribution in [0.2, 0.25) is 0 Å². The Labute approximate surface area is 810 Å². The van der Waals surface area contributed by atoms with Crippen molar-refractivity contribution >= 4 is 104 Å². The van der Waals surface area contributed by atoms with Gasteiger partial charge >= 0.3 is 0 Å². The number of anilines is 1. The number of hydrogen-bond donors (Lipinski definition) is 0.